The Labute approximate surface area is 98.8 Å². The van der Waals surface area contributed by atoms with E-state index in [9.17, 15) is 5.11 Å². The first-order chi connectivity index (χ1) is 7.79. The molecule has 1 unspecified atom stereocenters. The van der Waals surface area contributed by atoms with Gasteiger partial charge < -0.3 is 10.4 Å². The van der Waals surface area contributed by atoms with Gasteiger partial charge in [-0.2, -0.15) is 0 Å². The zero-order valence-corrected chi connectivity index (χ0v) is 9.87. The van der Waals surface area contributed by atoms with Crippen LogP contribution in [0, 0.1) is 6.92 Å². The van der Waals surface area contributed by atoms with E-state index in [1.807, 2.05) is 25.1 Å². The zero-order valence-electron chi connectivity index (χ0n) is 9.05. The summed E-state index contributed by atoms with van der Waals surface area (Å²) in [6.07, 6.45) is 1.79. The van der Waals surface area contributed by atoms with Gasteiger partial charge in [-0.15, -0.1) is 11.3 Å². The number of aliphatic hydroxyl groups is 1. The number of thiazole rings is 1. The molecule has 0 aliphatic heterocycles. The number of nitrogens with zero attached hydrogens (tertiary/aromatic N) is 1. The maximum Gasteiger partial charge on any atom is 0.0853 e. The summed E-state index contributed by atoms with van der Waals surface area (Å²) < 4.78 is 0. The van der Waals surface area contributed by atoms with Gasteiger partial charge in [-0.1, -0.05) is 12.1 Å². The summed E-state index contributed by atoms with van der Waals surface area (Å²) in [5.41, 5.74) is 3.99. The fraction of sp³-hybridized carbons (Fsp3) is 0.250. The van der Waals surface area contributed by atoms with Crippen molar-refractivity contribution in [3.8, 4) is 0 Å². The van der Waals surface area contributed by atoms with Crippen molar-refractivity contribution < 1.29 is 5.11 Å². The summed E-state index contributed by atoms with van der Waals surface area (Å²) in [6, 6.07) is 8.03. The smallest absolute Gasteiger partial charge is 0.0853 e. The van der Waals surface area contributed by atoms with Crippen LogP contribution in [0.1, 0.15) is 16.5 Å². The van der Waals surface area contributed by atoms with E-state index >= 15 is 0 Å². The topological polar surface area (TPSA) is 45.1 Å². The molecule has 0 bridgehead atoms. The van der Waals surface area contributed by atoms with Crippen molar-refractivity contribution in [3.63, 3.8) is 0 Å². The predicted octanol–water partition coefficient (Wildman–Crippen LogP) is 2.60. The van der Waals surface area contributed by atoms with E-state index in [1.165, 1.54) is 5.56 Å². The molecule has 0 amide bonds. The Hall–Kier alpha value is -1.39. The molecule has 0 aliphatic rings. The quantitative estimate of drug-likeness (QED) is 0.854. The van der Waals surface area contributed by atoms with Crippen molar-refractivity contribution in [2.24, 2.45) is 0 Å². The number of aliphatic hydroxyl groups excluding tert-OH is 1. The highest BCUT2D eigenvalue weighted by Crippen LogP contribution is 2.22. The zero-order chi connectivity index (χ0) is 11.4. The Balaban J connectivity index is 2.13. The summed E-state index contributed by atoms with van der Waals surface area (Å²) in [5, 5.41) is 12.6. The van der Waals surface area contributed by atoms with E-state index in [0.29, 0.717) is 0 Å². The molecule has 84 valence electrons. The summed E-state index contributed by atoms with van der Waals surface area (Å²) in [4.78, 5) is 5.06. The third kappa shape index (κ3) is 2.59. The second kappa shape index (κ2) is 5.09. The lowest BCUT2D eigenvalue weighted by molar-refractivity contribution is 0.277. The van der Waals surface area contributed by atoms with E-state index in [4.69, 9.17) is 0 Å². The maximum atomic E-state index is 9.34. The SMILES string of the molecule is Cc1cccc(NC(CO)c2cncs2)c1. The standard InChI is InChI=1S/C12H14N2OS/c1-9-3-2-4-10(5-9)14-11(7-15)12-6-13-8-16-12/h2-6,8,11,14-15H,7H2,1H3. The normalized spacial score (nSPS) is 12.4. The van der Waals surface area contributed by atoms with Gasteiger partial charge in [0.25, 0.3) is 0 Å². The average molecular weight is 234 g/mol. The van der Waals surface area contributed by atoms with E-state index in [0.717, 1.165) is 10.6 Å². The van der Waals surface area contributed by atoms with Crippen LogP contribution in [0.2, 0.25) is 0 Å². The van der Waals surface area contributed by atoms with Crippen LogP contribution in [0.4, 0.5) is 5.69 Å². The second-order valence-electron chi connectivity index (χ2n) is 3.65. The first-order valence-electron chi connectivity index (χ1n) is 5.12. The molecule has 2 aromatic rings. The highest BCUT2D eigenvalue weighted by Gasteiger charge is 2.11. The summed E-state index contributed by atoms with van der Waals surface area (Å²) in [5.74, 6) is 0. The van der Waals surface area contributed by atoms with Gasteiger partial charge in [0, 0.05) is 16.8 Å². The number of hydrogen-bond donors (Lipinski definition) is 2. The monoisotopic (exact) mass is 234 g/mol. The van der Waals surface area contributed by atoms with Gasteiger partial charge in [-0.25, -0.2) is 0 Å². The third-order valence-corrected chi connectivity index (χ3v) is 3.23. The number of benzene rings is 1. The van der Waals surface area contributed by atoms with Crippen molar-refractivity contribution >= 4 is 17.0 Å². The number of aryl methyl sites for hydroxylation is 1. The van der Waals surface area contributed by atoms with Crippen LogP contribution in [-0.2, 0) is 0 Å². The molecule has 2 N–H and O–H groups in total. The molecule has 2 rings (SSSR count). The Morgan fingerprint density at radius 3 is 3.00 bits per heavy atom. The van der Waals surface area contributed by atoms with Gasteiger partial charge in [0.2, 0.25) is 0 Å². The van der Waals surface area contributed by atoms with Crippen molar-refractivity contribution in [2.45, 2.75) is 13.0 Å². The molecule has 0 spiro atoms. The van der Waals surface area contributed by atoms with Gasteiger partial charge >= 0.3 is 0 Å². The maximum absolute atomic E-state index is 9.34. The Kier molecular flexibility index (Phi) is 3.54. The number of aromatic nitrogens is 1. The molecule has 3 nitrogen and oxygen atoms in total. The van der Waals surface area contributed by atoms with Crippen LogP contribution in [0.5, 0.6) is 0 Å². The summed E-state index contributed by atoms with van der Waals surface area (Å²) in [7, 11) is 0. The van der Waals surface area contributed by atoms with Gasteiger partial charge in [-0.3, -0.25) is 4.98 Å². The molecule has 0 fully saturated rings. The van der Waals surface area contributed by atoms with Gasteiger partial charge in [0.15, 0.2) is 0 Å². The fourth-order valence-corrected chi connectivity index (χ4v) is 2.20. The molecule has 0 saturated carbocycles. The molecule has 4 heteroatoms. The summed E-state index contributed by atoms with van der Waals surface area (Å²) in [6.45, 7) is 2.11. The number of rotatable bonds is 4. The minimum Gasteiger partial charge on any atom is -0.394 e. The van der Waals surface area contributed by atoms with E-state index < -0.39 is 0 Å². The minimum atomic E-state index is -0.0747. The lowest BCUT2D eigenvalue weighted by atomic mass is 10.2. The van der Waals surface area contributed by atoms with Crippen molar-refractivity contribution in [1.82, 2.24) is 4.98 Å². The summed E-state index contributed by atoms with van der Waals surface area (Å²) >= 11 is 1.55. The first-order valence-corrected chi connectivity index (χ1v) is 6.00. The third-order valence-electron chi connectivity index (χ3n) is 2.34. The highest BCUT2D eigenvalue weighted by atomic mass is 32.1. The predicted molar refractivity (Wildman–Crippen MR) is 66.7 cm³/mol. The highest BCUT2D eigenvalue weighted by molar-refractivity contribution is 7.09. The van der Waals surface area contributed by atoms with Gasteiger partial charge in [0.05, 0.1) is 18.2 Å². The Morgan fingerprint density at radius 2 is 2.38 bits per heavy atom. The van der Waals surface area contributed by atoms with Crippen LogP contribution < -0.4 is 5.32 Å². The largest absolute Gasteiger partial charge is 0.394 e. The van der Waals surface area contributed by atoms with E-state index in [-0.39, 0.29) is 12.6 Å². The molecule has 1 atom stereocenters. The molecule has 1 aromatic carbocycles. The van der Waals surface area contributed by atoms with E-state index in [1.54, 1.807) is 23.0 Å². The molecule has 16 heavy (non-hydrogen) atoms. The molecular formula is C12H14N2OS. The van der Waals surface area contributed by atoms with Gasteiger partial charge in [0.1, 0.15) is 0 Å². The van der Waals surface area contributed by atoms with Gasteiger partial charge in [-0.05, 0) is 24.6 Å². The van der Waals surface area contributed by atoms with Crippen molar-refractivity contribution in [3.05, 3.63) is 46.4 Å². The van der Waals surface area contributed by atoms with Crippen LogP contribution >= 0.6 is 11.3 Å². The van der Waals surface area contributed by atoms with Crippen LogP contribution in [0.25, 0.3) is 0 Å². The second-order valence-corrected chi connectivity index (χ2v) is 4.57. The number of nitrogens with one attached hydrogen (secondary N) is 1. The molecule has 0 saturated heterocycles. The molecule has 1 aromatic heterocycles. The Morgan fingerprint density at radius 1 is 1.50 bits per heavy atom. The van der Waals surface area contributed by atoms with Crippen molar-refractivity contribution in [2.75, 3.05) is 11.9 Å². The van der Waals surface area contributed by atoms with Crippen LogP contribution in [0.3, 0.4) is 0 Å². The molecule has 1 heterocycles. The Bertz CT molecular complexity index is 442. The van der Waals surface area contributed by atoms with Crippen molar-refractivity contribution in [1.29, 1.82) is 0 Å². The van der Waals surface area contributed by atoms with Crippen LogP contribution in [-0.4, -0.2) is 16.7 Å². The van der Waals surface area contributed by atoms with Crippen LogP contribution in [0.15, 0.2) is 36.0 Å². The lowest BCUT2D eigenvalue weighted by Crippen LogP contribution is -2.13. The molecular weight excluding hydrogens is 220 g/mol. The fourth-order valence-electron chi connectivity index (χ4n) is 1.54. The lowest BCUT2D eigenvalue weighted by Gasteiger charge is -2.15. The number of hydrogen-bond acceptors (Lipinski definition) is 4. The van der Waals surface area contributed by atoms with E-state index in [2.05, 4.69) is 16.4 Å². The first kappa shape index (κ1) is 11.1. The number of anilines is 1. The minimum absolute atomic E-state index is 0.0656. The molecule has 0 aliphatic carbocycles. The molecule has 0 radical (unpaired) electrons. The average Bonchev–Trinajstić information content (AvgIpc) is 2.79.